The highest BCUT2D eigenvalue weighted by atomic mass is 16.5. The van der Waals surface area contributed by atoms with E-state index < -0.39 is 0 Å². The van der Waals surface area contributed by atoms with Crippen LogP contribution in [0.2, 0.25) is 0 Å². The Morgan fingerprint density at radius 3 is 2.67 bits per heavy atom. The molecule has 4 heteroatoms. The summed E-state index contributed by atoms with van der Waals surface area (Å²) in [5.41, 5.74) is 7.62. The molecule has 1 aromatic carbocycles. The number of ether oxygens (including phenoxy) is 1. The molecule has 0 saturated carbocycles. The fourth-order valence-electron chi connectivity index (χ4n) is 1.59. The molecule has 0 aliphatic carbocycles. The molecule has 0 fully saturated rings. The summed E-state index contributed by atoms with van der Waals surface area (Å²) in [6.45, 7) is 1.93. The lowest BCUT2D eigenvalue weighted by Crippen LogP contribution is -2.06. The summed E-state index contributed by atoms with van der Waals surface area (Å²) >= 11 is 0. The Balaban J connectivity index is 2.18. The van der Waals surface area contributed by atoms with Crippen molar-refractivity contribution in [2.75, 3.05) is 5.73 Å². The van der Waals surface area contributed by atoms with E-state index in [4.69, 9.17) is 15.7 Å². The highest BCUT2D eigenvalue weighted by Crippen LogP contribution is 2.25. The highest BCUT2D eigenvalue weighted by Gasteiger charge is 2.10. The Morgan fingerprint density at radius 2 is 2.06 bits per heavy atom. The molecule has 0 spiro atoms. The smallest absolute Gasteiger partial charge is 0.237 e. The fourth-order valence-corrected chi connectivity index (χ4v) is 1.59. The molecule has 90 valence electrons. The van der Waals surface area contributed by atoms with Gasteiger partial charge < -0.3 is 10.5 Å². The van der Waals surface area contributed by atoms with Crippen molar-refractivity contribution in [2.24, 2.45) is 0 Å². The summed E-state index contributed by atoms with van der Waals surface area (Å²) in [5.74, 6) is 0.352. The summed E-state index contributed by atoms with van der Waals surface area (Å²) in [6, 6.07) is 13.3. The van der Waals surface area contributed by atoms with E-state index in [2.05, 4.69) is 4.98 Å². The summed E-state index contributed by atoms with van der Waals surface area (Å²) in [4.78, 5) is 4.04. The second-order valence-corrected chi connectivity index (χ2v) is 3.90. The molecule has 2 aromatic rings. The molecule has 0 bridgehead atoms. The standard InChI is InChI=1S/C14H13N3O/c1-10(12-5-3-2-4-6-12)18-14-13(16)7-11(8-15)9-17-14/h2-7,9-10H,16H2,1H3. The van der Waals surface area contributed by atoms with Crippen LogP contribution in [0.25, 0.3) is 0 Å². The van der Waals surface area contributed by atoms with Gasteiger partial charge in [0.1, 0.15) is 12.2 Å². The normalized spacial score (nSPS) is 11.6. The van der Waals surface area contributed by atoms with E-state index in [0.29, 0.717) is 17.1 Å². The summed E-state index contributed by atoms with van der Waals surface area (Å²) < 4.78 is 5.69. The van der Waals surface area contributed by atoms with Gasteiger partial charge in [0.25, 0.3) is 0 Å². The maximum absolute atomic E-state index is 8.73. The molecule has 1 unspecified atom stereocenters. The Hall–Kier alpha value is -2.54. The molecule has 0 radical (unpaired) electrons. The molecular weight excluding hydrogens is 226 g/mol. The van der Waals surface area contributed by atoms with Gasteiger partial charge in [-0.25, -0.2) is 4.98 Å². The monoisotopic (exact) mass is 239 g/mol. The minimum atomic E-state index is -0.145. The van der Waals surface area contributed by atoms with E-state index in [1.165, 1.54) is 6.20 Å². The van der Waals surface area contributed by atoms with Crippen molar-refractivity contribution in [2.45, 2.75) is 13.0 Å². The number of nitrogens with zero attached hydrogens (tertiary/aromatic N) is 2. The average Bonchev–Trinajstić information content (AvgIpc) is 2.42. The molecule has 0 amide bonds. The molecule has 4 nitrogen and oxygen atoms in total. The van der Waals surface area contributed by atoms with Crippen LogP contribution in [0.4, 0.5) is 5.69 Å². The summed E-state index contributed by atoms with van der Waals surface area (Å²) in [7, 11) is 0. The second-order valence-electron chi connectivity index (χ2n) is 3.90. The van der Waals surface area contributed by atoms with Gasteiger partial charge in [-0.15, -0.1) is 0 Å². The first-order chi connectivity index (χ1) is 8.70. The van der Waals surface area contributed by atoms with Gasteiger partial charge in [-0.05, 0) is 18.6 Å². The summed E-state index contributed by atoms with van der Waals surface area (Å²) in [6.07, 6.45) is 1.30. The zero-order chi connectivity index (χ0) is 13.0. The number of pyridine rings is 1. The third-order valence-electron chi connectivity index (χ3n) is 2.57. The minimum absolute atomic E-state index is 0.145. The summed E-state index contributed by atoms with van der Waals surface area (Å²) in [5, 5.41) is 8.73. The van der Waals surface area contributed by atoms with E-state index in [9.17, 15) is 0 Å². The average molecular weight is 239 g/mol. The van der Waals surface area contributed by atoms with Crippen LogP contribution >= 0.6 is 0 Å². The predicted molar refractivity (Wildman–Crippen MR) is 68.8 cm³/mol. The van der Waals surface area contributed by atoms with Crippen molar-refractivity contribution in [1.29, 1.82) is 5.26 Å². The van der Waals surface area contributed by atoms with Gasteiger partial charge >= 0.3 is 0 Å². The number of rotatable bonds is 3. The third-order valence-corrected chi connectivity index (χ3v) is 2.57. The van der Waals surface area contributed by atoms with E-state index in [1.807, 2.05) is 43.3 Å². The van der Waals surface area contributed by atoms with Crippen molar-refractivity contribution >= 4 is 5.69 Å². The van der Waals surface area contributed by atoms with Gasteiger partial charge in [0.05, 0.1) is 11.3 Å². The lowest BCUT2D eigenvalue weighted by Gasteiger charge is -2.15. The molecule has 0 saturated heterocycles. The van der Waals surface area contributed by atoms with Crippen LogP contribution in [0.5, 0.6) is 5.88 Å². The molecule has 0 aliphatic rings. The second kappa shape index (κ2) is 5.19. The highest BCUT2D eigenvalue weighted by molar-refractivity contribution is 5.52. The minimum Gasteiger partial charge on any atom is -0.468 e. The molecular formula is C14H13N3O. The first-order valence-corrected chi connectivity index (χ1v) is 5.58. The van der Waals surface area contributed by atoms with Crippen LogP contribution < -0.4 is 10.5 Å². The fraction of sp³-hybridized carbons (Fsp3) is 0.143. The lowest BCUT2D eigenvalue weighted by atomic mass is 10.1. The van der Waals surface area contributed by atoms with E-state index in [-0.39, 0.29) is 6.10 Å². The number of hydrogen-bond donors (Lipinski definition) is 1. The third kappa shape index (κ3) is 2.58. The topological polar surface area (TPSA) is 71.9 Å². The maximum atomic E-state index is 8.73. The van der Waals surface area contributed by atoms with Crippen LogP contribution in [-0.4, -0.2) is 4.98 Å². The molecule has 1 atom stereocenters. The Bertz CT molecular complexity index is 575. The quantitative estimate of drug-likeness (QED) is 0.893. The number of aromatic nitrogens is 1. The Kier molecular flexibility index (Phi) is 3.44. The van der Waals surface area contributed by atoms with Crippen LogP contribution in [0.15, 0.2) is 42.6 Å². The maximum Gasteiger partial charge on any atom is 0.237 e. The molecule has 2 rings (SSSR count). The predicted octanol–water partition coefficient (Wildman–Crippen LogP) is 2.68. The molecule has 1 heterocycles. The largest absolute Gasteiger partial charge is 0.468 e. The van der Waals surface area contributed by atoms with Crippen LogP contribution in [0.1, 0.15) is 24.2 Å². The Labute approximate surface area is 106 Å². The number of nitrogen functional groups attached to an aromatic ring is 1. The Morgan fingerprint density at radius 1 is 1.33 bits per heavy atom. The van der Waals surface area contributed by atoms with E-state index in [0.717, 1.165) is 5.56 Å². The van der Waals surface area contributed by atoms with Gasteiger partial charge in [0.15, 0.2) is 0 Å². The van der Waals surface area contributed by atoms with Gasteiger partial charge in [0.2, 0.25) is 5.88 Å². The number of benzene rings is 1. The van der Waals surface area contributed by atoms with Crippen molar-refractivity contribution in [3.63, 3.8) is 0 Å². The van der Waals surface area contributed by atoms with Crippen molar-refractivity contribution < 1.29 is 4.74 Å². The molecule has 2 N–H and O–H groups in total. The zero-order valence-corrected chi connectivity index (χ0v) is 10.00. The lowest BCUT2D eigenvalue weighted by molar-refractivity contribution is 0.219. The number of hydrogen-bond acceptors (Lipinski definition) is 4. The van der Waals surface area contributed by atoms with Crippen LogP contribution in [0, 0.1) is 11.3 Å². The number of nitriles is 1. The van der Waals surface area contributed by atoms with E-state index in [1.54, 1.807) is 6.07 Å². The number of anilines is 1. The van der Waals surface area contributed by atoms with E-state index >= 15 is 0 Å². The van der Waals surface area contributed by atoms with Gasteiger partial charge in [0, 0.05) is 6.20 Å². The molecule has 18 heavy (non-hydrogen) atoms. The van der Waals surface area contributed by atoms with Crippen molar-refractivity contribution in [1.82, 2.24) is 4.98 Å². The zero-order valence-electron chi connectivity index (χ0n) is 10.00. The van der Waals surface area contributed by atoms with Gasteiger partial charge in [-0.3, -0.25) is 0 Å². The van der Waals surface area contributed by atoms with Gasteiger partial charge in [-0.1, -0.05) is 30.3 Å². The molecule has 0 aliphatic heterocycles. The van der Waals surface area contributed by atoms with Gasteiger partial charge in [-0.2, -0.15) is 5.26 Å². The number of nitrogens with two attached hydrogens (primary N) is 1. The first-order valence-electron chi connectivity index (χ1n) is 5.58. The molecule has 1 aromatic heterocycles. The SMILES string of the molecule is CC(Oc1ncc(C#N)cc1N)c1ccccc1. The van der Waals surface area contributed by atoms with Crippen LogP contribution in [-0.2, 0) is 0 Å². The van der Waals surface area contributed by atoms with Crippen LogP contribution in [0.3, 0.4) is 0 Å². The van der Waals surface area contributed by atoms with Crippen molar-refractivity contribution in [3.8, 4) is 11.9 Å². The first kappa shape index (κ1) is 11.9. The van der Waals surface area contributed by atoms with Crippen molar-refractivity contribution in [3.05, 3.63) is 53.7 Å².